The third-order valence-electron chi connectivity index (χ3n) is 10.7. The van der Waals surface area contributed by atoms with Crippen LogP contribution >= 0.6 is 7.82 Å². The molecule has 0 radical (unpaired) electrons. The van der Waals surface area contributed by atoms with E-state index in [1.54, 1.807) is 0 Å². The summed E-state index contributed by atoms with van der Waals surface area (Å²) in [4.78, 5) is 39.5. The van der Waals surface area contributed by atoms with Gasteiger partial charge < -0.3 is 28.5 Å². The van der Waals surface area contributed by atoms with Crippen LogP contribution in [0.25, 0.3) is 0 Å². The van der Waals surface area contributed by atoms with Crippen LogP contribution in [0, 0.1) is 0 Å². The van der Waals surface area contributed by atoms with Crippen LogP contribution < -0.4 is 10.2 Å². The zero-order valence-electron chi connectivity index (χ0n) is 40.8. The Bertz CT molecular complexity index is 1260. The SMILES string of the molecule is CC/C=C/C/C=C/C/C=C/CCCCCCC(=O)NC(COP(=O)([O-])OCC[N+](C)(C)C)C(/C=C/CCCCCCCCCCC)OC(=O)CCCCCCC/C=C\CCCC. The minimum Gasteiger partial charge on any atom is -0.756 e. The number of nitrogens with zero attached hydrogens (tertiary/aromatic N) is 1. The number of amides is 1. The first-order chi connectivity index (χ1) is 29.9. The fraction of sp³-hybridized carbons (Fsp3) is 0.769. The number of likely N-dealkylation sites (N-methyl/N-ethyl adjacent to an activating group) is 1. The summed E-state index contributed by atoms with van der Waals surface area (Å²) in [5.41, 5.74) is 0. The van der Waals surface area contributed by atoms with E-state index in [1.807, 2.05) is 33.3 Å². The van der Waals surface area contributed by atoms with Gasteiger partial charge in [0.25, 0.3) is 7.82 Å². The van der Waals surface area contributed by atoms with Gasteiger partial charge in [0, 0.05) is 12.8 Å². The molecule has 0 aliphatic carbocycles. The lowest BCUT2D eigenvalue weighted by atomic mass is 10.1. The molecule has 0 spiro atoms. The maximum absolute atomic E-state index is 13.4. The van der Waals surface area contributed by atoms with Gasteiger partial charge in [-0.2, -0.15) is 0 Å². The molecule has 3 unspecified atom stereocenters. The van der Waals surface area contributed by atoms with Crippen LogP contribution in [0.15, 0.2) is 60.8 Å². The van der Waals surface area contributed by atoms with Gasteiger partial charge in [0.15, 0.2) is 0 Å². The minimum atomic E-state index is -4.69. The highest BCUT2D eigenvalue weighted by Crippen LogP contribution is 2.38. The number of quaternary nitrogens is 1. The van der Waals surface area contributed by atoms with Gasteiger partial charge in [0.2, 0.25) is 5.91 Å². The molecule has 0 aromatic heterocycles. The quantitative estimate of drug-likeness (QED) is 0.0213. The second kappa shape index (κ2) is 42.6. The third kappa shape index (κ3) is 43.0. The lowest BCUT2D eigenvalue weighted by molar-refractivity contribution is -0.870. The van der Waals surface area contributed by atoms with E-state index in [0.717, 1.165) is 103 Å². The van der Waals surface area contributed by atoms with Crippen LogP contribution in [-0.4, -0.2) is 69.4 Å². The number of carbonyl (C=O) groups excluding carboxylic acids is 2. The van der Waals surface area contributed by atoms with E-state index in [9.17, 15) is 19.0 Å². The summed E-state index contributed by atoms with van der Waals surface area (Å²) >= 11 is 0. The maximum Gasteiger partial charge on any atom is 0.306 e. The van der Waals surface area contributed by atoms with Crippen LogP contribution in [0.3, 0.4) is 0 Å². The molecule has 0 bridgehead atoms. The van der Waals surface area contributed by atoms with Crippen LogP contribution in [0.5, 0.6) is 0 Å². The molecule has 0 aliphatic heterocycles. The molecule has 0 saturated carbocycles. The molecule has 0 heterocycles. The summed E-state index contributed by atoms with van der Waals surface area (Å²) in [5.74, 6) is -0.584. The molecule has 0 rings (SSSR count). The fourth-order valence-corrected chi connectivity index (χ4v) is 7.47. The number of hydrogen-bond donors (Lipinski definition) is 1. The number of rotatable bonds is 44. The Morgan fingerprint density at radius 3 is 1.61 bits per heavy atom. The molecule has 3 atom stereocenters. The van der Waals surface area contributed by atoms with Crippen molar-refractivity contribution in [1.29, 1.82) is 0 Å². The first-order valence-corrected chi connectivity index (χ1v) is 26.6. The van der Waals surface area contributed by atoms with E-state index in [0.29, 0.717) is 23.9 Å². The van der Waals surface area contributed by atoms with Crippen molar-refractivity contribution >= 4 is 19.7 Å². The normalized spacial score (nSPS) is 14.5. The number of hydrogen-bond acceptors (Lipinski definition) is 7. The molecule has 62 heavy (non-hydrogen) atoms. The van der Waals surface area contributed by atoms with E-state index >= 15 is 0 Å². The number of ether oxygens (including phenoxy) is 1. The molecular weight excluding hydrogens is 796 g/mol. The van der Waals surface area contributed by atoms with Crippen molar-refractivity contribution in [3.8, 4) is 0 Å². The molecular formula is C52H95N2O7P. The van der Waals surface area contributed by atoms with Crippen molar-refractivity contribution < 1.29 is 37.3 Å². The number of allylic oxidation sites excluding steroid dienone is 9. The lowest BCUT2D eigenvalue weighted by Gasteiger charge is -2.30. The molecule has 0 fully saturated rings. The number of unbranched alkanes of at least 4 members (excludes halogenated alkanes) is 20. The minimum absolute atomic E-state index is 0.0300. The van der Waals surface area contributed by atoms with Crippen molar-refractivity contribution in [1.82, 2.24) is 5.32 Å². The topological polar surface area (TPSA) is 114 Å². The summed E-state index contributed by atoms with van der Waals surface area (Å²) in [6, 6.07) is -0.901. The van der Waals surface area contributed by atoms with Crippen LogP contribution in [0.2, 0.25) is 0 Å². The average Bonchev–Trinajstić information content (AvgIpc) is 3.22. The van der Waals surface area contributed by atoms with E-state index < -0.39 is 26.6 Å². The van der Waals surface area contributed by atoms with Crippen LogP contribution in [-0.2, 0) is 27.9 Å². The van der Waals surface area contributed by atoms with Crippen molar-refractivity contribution in [2.45, 2.75) is 219 Å². The number of nitrogens with one attached hydrogen (secondary N) is 1. The van der Waals surface area contributed by atoms with Gasteiger partial charge in [-0.05, 0) is 83.1 Å². The highest BCUT2D eigenvalue weighted by Gasteiger charge is 2.27. The van der Waals surface area contributed by atoms with Crippen molar-refractivity contribution in [3.63, 3.8) is 0 Å². The van der Waals surface area contributed by atoms with E-state index in [1.165, 1.54) is 57.8 Å². The molecule has 0 saturated heterocycles. The molecule has 360 valence electrons. The summed E-state index contributed by atoms with van der Waals surface area (Å²) < 4.78 is 30.0. The van der Waals surface area contributed by atoms with Crippen LogP contribution in [0.4, 0.5) is 0 Å². The molecule has 1 N–H and O–H groups in total. The number of esters is 1. The molecule has 0 aromatic carbocycles. The summed E-state index contributed by atoms with van der Waals surface area (Å²) in [6.07, 6.45) is 50.5. The Morgan fingerprint density at radius 2 is 1.05 bits per heavy atom. The Hall–Kier alpha value is -2.29. The van der Waals surface area contributed by atoms with Gasteiger partial charge in [0.1, 0.15) is 19.3 Å². The Kier molecular flexibility index (Phi) is 41.1. The van der Waals surface area contributed by atoms with Crippen molar-refractivity contribution in [2.75, 3.05) is 40.9 Å². The number of carbonyl (C=O) groups is 2. The summed E-state index contributed by atoms with van der Waals surface area (Å²) in [5, 5.41) is 2.99. The zero-order valence-corrected chi connectivity index (χ0v) is 41.7. The largest absolute Gasteiger partial charge is 0.756 e. The standard InChI is InChI=1S/C52H95N2O7P/c1-7-10-13-16-19-22-25-26-27-30-32-35-38-41-44-51(55)53-49(48-60-62(57,58)59-47-46-54(4,5)6)50(43-40-37-34-31-28-23-20-17-14-11-8-2)61-52(56)45-42-39-36-33-29-24-21-18-15-12-9-3/h10,13,18-19,21-22,26-27,40,43,49-50H,7-9,11-12,14-17,20,23-25,28-39,41-42,44-48H2,1-6H3,(H-,53,55,57,58)/b13-10+,21-18-,22-19+,27-26+,43-40+. The van der Waals surface area contributed by atoms with Crippen molar-refractivity contribution in [3.05, 3.63) is 60.8 Å². The zero-order chi connectivity index (χ0) is 45.8. The Labute approximate surface area is 381 Å². The van der Waals surface area contributed by atoms with Gasteiger partial charge in [-0.15, -0.1) is 0 Å². The van der Waals surface area contributed by atoms with Crippen molar-refractivity contribution in [2.24, 2.45) is 0 Å². The van der Waals surface area contributed by atoms with Gasteiger partial charge in [-0.25, -0.2) is 0 Å². The monoisotopic (exact) mass is 891 g/mol. The second-order valence-corrected chi connectivity index (χ2v) is 19.3. The first kappa shape index (κ1) is 59.7. The van der Waals surface area contributed by atoms with E-state index in [4.69, 9.17) is 13.8 Å². The summed E-state index contributed by atoms with van der Waals surface area (Å²) in [7, 11) is 1.16. The maximum atomic E-state index is 13.4. The number of phosphoric acid groups is 1. The van der Waals surface area contributed by atoms with Gasteiger partial charge in [-0.1, -0.05) is 172 Å². The lowest BCUT2D eigenvalue weighted by Crippen LogP contribution is -2.47. The first-order valence-electron chi connectivity index (χ1n) is 25.1. The smallest absolute Gasteiger partial charge is 0.306 e. The van der Waals surface area contributed by atoms with E-state index in [2.05, 4.69) is 74.7 Å². The Balaban J connectivity index is 5.49. The predicted octanol–water partition coefficient (Wildman–Crippen LogP) is 13.7. The molecule has 1 amide bonds. The van der Waals surface area contributed by atoms with Crippen LogP contribution in [0.1, 0.15) is 207 Å². The van der Waals surface area contributed by atoms with Gasteiger partial charge in [-0.3, -0.25) is 14.2 Å². The van der Waals surface area contributed by atoms with Gasteiger partial charge in [0.05, 0.1) is 33.8 Å². The predicted molar refractivity (Wildman–Crippen MR) is 261 cm³/mol. The second-order valence-electron chi connectivity index (χ2n) is 17.9. The molecule has 0 aromatic rings. The highest BCUT2D eigenvalue weighted by molar-refractivity contribution is 7.45. The number of phosphoric ester groups is 1. The average molecular weight is 891 g/mol. The molecule has 10 heteroatoms. The molecule has 9 nitrogen and oxygen atoms in total. The third-order valence-corrected chi connectivity index (χ3v) is 11.6. The van der Waals surface area contributed by atoms with Gasteiger partial charge >= 0.3 is 5.97 Å². The summed E-state index contributed by atoms with van der Waals surface area (Å²) in [6.45, 7) is 6.63. The fourth-order valence-electron chi connectivity index (χ4n) is 6.75. The molecule has 0 aliphatic rings. The Morgan fingerprint density at radius 1 is 0.581 bits per heavy atom. The van der Waals surface area contributed by atoms with E-state index in [-0.39, 0.29) is 31.3 Å². The highest BCUT2D eigenvalue weighted by atomic mass is 31.2.